The maximum Gasteiger partial charge on any atom is 0.181 e. The van der Waals surface area contributed by atoms with Gasteiger partial charge in [-0.25, -0.2) is 18.2 Å². The minimum Gasteiger partial charge on any atom is -0.280 e. The van der Waals surface area contributed by atoms with Crippen LogP contribution in [0.25, 0.3) is 5.57 Å². The van der Waals surface area contributed by atoms with Crippen molar-refractivity contribution in [3.63, 3.8) is 0 Å². The van der Waals surface area contributed by atoms with E-state index in [1.165, 1.54) is 6.92 Å². The summed E-state index contributed by atoms with van der Waals surface area (Å²) in [6.07, 6.45) is -0.0583. The predicted octanol–water partition coefficient (Wildman–Crippen LogP) is 4.31. The van der Waals surface area contributed by atoms with Gasteiger partial charge in [0.1, 0.15) is 11.7 Å². The lowest BCUT2D eigenvalue weighted by Crippen LogP contribution is -1.93. The molecule has 0 atom stereocenters. The Morgan fingerprint density at radius 1 is 1.39 bits per heavy atom. The summed E-state index contributed by atoms with van der Waals surface area (Å²) >= 11 is 0. The molecular formula is C12H14F3N3. The predicted molar refractivity (Wildman–Crippen MR) is 65.8 cm³/mol. The molecule has 0 bridgehead atoms. The minimum atomic E-state index is -1.25. The Balaban J connectivity index is 3.61. The number of halogens is 3. The maximum atomic E-state index is 13.8. The second-order valence-corrected chi connectivity index (χ2v) is 3.69. The van der Waals surface area contributed by atoms with Crippen molar-refractivity contribution in [3.8, 4) is 0 Å². The number of aryl methyl sites for hydroxylation is 1. The Hall–Kier alpha value is -1.85. The van der Waals surface area contributed by atoms with Crippen molar-refractivity contribution in [1.29, 1.82) is 0 Å². The third kappa shape index (κ3) is 2.52. The van der Waals surface area contributed by atoms with Crippen LogP contribution < -0.4 is 0 Å². The van der Waals surface area contributed by atoms with Gasteiger partial charge in [0.15, 0.2) is 11.6 Å². The first-order chi connectivity index (χ1) is 8.43. The van der Waals surface area contributed by atoms with Gasteiger partial charge in [-0.15, -0.1) is 0 Å². The molecule has 1 aromatic rings. The number of aromatic nitrogens is 2. The van der Waals surface area contributed by atoms with E-state index in [0.29, 0.717) is 5.69 Å². The van der Waals surface area contributed by atoms with Crippen molar-refractivity contribution in [1.82, 2.24) is 10.2 Å². The monoisotopic (exact) mass is 257 g/mol. The lowest BCUT2D eigenvalue weighted by Gasteiger charge is -2.07. The highest BCUT2D eigenvalue weighted by Crippen LogP contribution is 2.37. The highest BCUT2D eigenvalue weighted by molar-refractivity contribution is 5.85. The van der Waals surface area contributed by atoms with E-state index in [1.54, 1.807) is 6.92 Å². The molecule has 98 valence electrons. The second-order valence-electron chi connectivity index (χ2n) is 3.69. The van der Waals surface area contributed by atoms with Crippen LogP contribution in [0.15, 0.2) is 22.5 Å². The molecule has 1 heterocycles. The largest absolute Gasteiger partial charge is 0.280 e. The van der Waals surface area contributed by atoms with Gasteiger partial charge in [-0.05, 0) is 27.0 Å². The molecule has 1 aromatic heterocycles. The summed E-state index contributed by atoms with van der Waals surface area (Å²) in [4.78, 5) is 3.57. The molecule has 0 saturated carbocycles. The number of allylic oxidation sites excluding steroid dienone is 4. The van der Waals surface area contributed by atoms with Gasteiger partial charge in [0.05, 0.1) is 11.1 Å². The van der Waals surface area contributed by atoms with E-state index < -0.39 is 23.1 Å². The SMILES string of the molecule is C=Nc1n[nH]c(C)c1C(/C(F)=C(\C)F)=C(\F)CC. The maximum absolute atomic E-state index is 13.8. The summed E-state index contributed by atoms with van der Waals surface area (Å²) in [7, 11) is 0. The van der Waals surface area contributed by atoms with E-state index in [4.69, 9.17) is 0 Å². The van der Waals surface area contributed by atoms with Gasteiger partial charge < -0.3 is 0 Å². The van der Waals surface area contributed by atoms with Crippen LogP contribution >= 0.6 is 0 Å². The highest BCUT2D eigenvalue weighted by Gasteiger charge is 2.23. The topological polar surface area (TPSA) is 41.0 Å². The van der Waals surface area contributed by atoms with Crippen molar-refractivity contribution < 1.29 is 13.2 Å². The molecule has 6 heteroatoms. The summed E-state index contributed by atoms with van der Waals surface area (Å²) in [5.41, 5.74) is 0.0393. The summed E-state index contributed by atoms with van der Waals surface area (Å²) < 4.78 is 40.6. The molecule has 18 heavy (non-hydrogen) atoms. The van der Waals surface area contributed by atoms with Gasteiger partial charge in [0, 0.05) is 5.69 Å². The Labute approximate surface area is 103 Å². The Morgan fingerprint density at radius 3 is 2.44 bits per heavy atom. The number of H-pyrrole nitrogens is 1. The molecule has 0 saturated heterocycles. The van der Waals surface area contributed by atoms with E-state index >= 15 is 0 Å². The fraction of sp³-hybridized carbons (Fsp3) is 0.333. The molecule has 0 fully saturated rings. The van der Waals surface area contributed by atoms with Crippen LogP contribution in [0.3, 0.4) is 0 Å². The van der Waals surface area contributed by atoms with E-state index in [0.717, 1.165) is 6.92 Å². The van der Waals surface area contributed by atoms with E-state index in [9.17, 15) is 13.2 Å². The third-order valence-corrected chi connectivity index (χ3v) is 2.43. The molecule has 0 radical (unpaired) electrons. The number of nitrogens with zero attached hydrogens (tertiary/aromatic N) is 2. The van der Waals surface area contributed by atoms with E-state index in [1.807, 2.05) is 0 Å². The van der Waals surface area contributed by atoms with Crippen molar-refractivity contribution in [2.45, 2.75) is 27.2 Å². The third-order valence-electron chi connectivity index (χ3n) is 2.43. The number of hydrogen-bond acceptors (Lipinski definition) is 2. The molecule has 0 spiro atoms. The fourth-order valence-electron chi connectivity index (χ4n) is 1.54. The Bertz CT molecular complexity index is 523. The first-order valence-electron chi connectivity index (χ1n) is 5.36. The zero-order valence-corrected chi connectivity index (χ0v) is 10.4. The van der Waals surface area contributed by atoms with Gasteiger partial charge in [-0.1, -0.05) is 6.92 Å². The highest BCUT2D eigenvalue weighted by atomic mass is 19.2. The van der Waals surface area contributed by atoms with Crippen LogP contribution in [-0.4, -0.2) is 16.9 Å². The van der Waals surface area contributed by atoms with Gasteiger partial charge in [-0.2, -0.15) is 5.10 Å². The number of aromatic amines is 1. The molecule has 0 amide bonds. The lowest BCUT2D eigenvalue weighted by molar-refractivity contribution is 0.548. The van der Waals surface area contributed by atoms with Crippen molar-refractivity contribution in [3.05, 3.63) is 28.7 Å². The molecule has 0 aliphatic carbocycles. The second kappa shape index (κ2) is 5.66. The van der Waals surface area contributed by atoms with Crippen LogP contribution in [0.1, 0.15) is 31.5 Å². The molecule has 1 rings (SSSR count). The van der Waals surface area contributed by atoms with Gasteiger partial charge >= 0.3 is 0 Å². The molecule has 0 aliphatic heterocycles. The molecule has 0 aromatic carbocycles. The smallest absolute Gasteiger partial charge is 0.181 e. The average Bonchev–Trinajstić information content (AvgIpc) is 2.70. The molecule has 0 unspecified atom stereocenters. The fourth-order valence-corrected chi connectivity index (χ4v) is 1.54. The normalized spacial score (nSPS) is 14.1. The number of aliphatic imine (C=N–C) groups is 1. The van der Waals surface area contributed by atoms with Crippen molar-refractivity contribution in [2.75, 3.05) is 0 Å². The molecular weight excluding hydrogens is 243 g/mol. The first-order valence-corrected chi connectivity index (χ1v) is 5.36. The minimum absolute atomic E-state index is 0.0440. The Morgan fingerprint density at radius 2 is 2.00 bits per heavy atom. The van der Waals surface area contributed by atoms with E-state index in [2.05, 4.69) is 21.9 Å². The standard InChI is InChI=1S/C12H14F3N3/c1-5-8(14)10(11(15)6(2)13)9-7(3)17-18-12(9)16-4/h4-5H2,1-3H3,(H,17,18)/b10-8+,11-6-. The zero-order chi connectivity index (χ0) is 13.9. The van der Waals surface area contributed by atoms with Crippen LogP contribution in [-0.2, 0) is 0 Å². The quantitative estimate of drug-likeness (QED) is 0.633. The van der Waals surface area contributed by atoms with Crippen LogP contribution in [0.4, 0.5) is 19.0 Å². The summed E-state index contributed by atoms with van der Waals surface area (Å²) in [5.74, 6) is -3.06. The Kier molecular flexibility index (Phi) is 4.47. The molecule has 1 N–H and O–H groups in total. The number of rotatable bonds is 4. The molecule has 3 nitrogen and oxygen atoms in total. The summed E-state index contributed by atoms with van der Waals surface area (Å²) in [6, 6.07) is 0. The lowest BCUT2D eigenvalue weighted by atomic mass is 10.0. The summed E-state index contributed by atoms with van der Waals surface area (Å²) in [6.45, 7) is 7.27. The van der Waals surface area contributed by atoms with E-state index in [-0.39, 0.29) is 17.8 Å². The average molecular weight is 257 g/mol. The first kappa shape index (κ1) is 14.2. The van der Waals surface area contributed by atoms with Crippen LogP contribution in [0.2, 0.25) is 0 Å². The van der Waals surface area contributed by atoms with Crippen molar-refractivity contribution in [2.24, 2.45) is 4.99 Å². The zero-order valence-electron chi connectivity index (χ0n) is 10.4. The molecule has 0 aliphatic rings. The summed E-state index contributed by atoms with van der Waals surface area (Å²) in [5, 5.41) is 6.29. The van der Waals surface area contributed by atoms with Crippen LogP contribution in [0.5, 0.6) is 0 Å². The number of nitrogens with one attached hydrogen (secondary N) is 1. The van der Waals surface area contributed by atoms with Gasteiger partial charge in [-0.3, -0.25) is 5.10 Å². The number of hydrogen-bond donors (Lipinski definition) is 1. The van der Waals surface area contributed by atoms with Gasteiger partial charge in [0.25, 0.3) is 0 Å². The van der Waals surface area contributed by atoms with Crippen molar-refractivity contribution >= 4 is 18.1 Å². The van der Waals surface area contributed by atoms with Gasteiger partial charge in [0.2, 0.25) is 0 Å². The van der Waals surface area contributed by atoms with Crippen LogP contribution in [0, 0.1) is 6.92 Å².